The number of rotatable bonds is 5. The van der Waals surface area contributed by atoms with Gasteiger partial charge in [0.1, 0.15) is 0 Å². The van der Waals surface area contributed by atoms with Crippen molar-refractivity contribution in [1.29, 1.82) is 0 Å². The molecule has 0 saturated carbocycles. The Labute approximate surface area is 154 Å². The summed E-state index contributed by atoms with van der Waals surface area (Å²) >= 11 is 0. The summed E-state index contributed by atoms with van der Waals surface area (Å²) in [5, 5.41) is 2.86. The number of hydrogen-bond donors (Lipinski definition) is 1. The van der Waals surface area contributed by atoms with Crippen LogP contribution in [0, 0.1) is 0 Å². The highest BCUT2D eigenvalue weighted by atomic mass is 32.2. The van der Waals surface area contributed by atoms with Crippen molar-refractivity contribution in [3.05, 3.63) is 54.1 Å². The zero-order valence-corrected chi connectivity index (χ0v) is 15.8. The van der Waals surface area contributed by atoms with Gasteiger partial charge in [-0.15, -0.1) is 0 Å². The summed E-state index contributed by atoms with van der Waals surface area (Å²) in [5.41, 5.74) is 2.09. The second-order valence-corrected chi connectivity index (χ2v) is 8.67. The van der Waals surface area contributed by atoms with Gasteiger partial charge in [-0.2, -0.15) is 0 Å². The quantitative estimate of drug-likeness (QED) is 0.875. The average Bonchev–Trinajstić information content (AvgIpc) is 3.16. The predicted molar refractivity (Wildman–Crippen MR) is 103 cm³/mol. The number of nitrogens with one attached hydrogen (secondary N) is 1. The monoisotopic (exact) mass is 373 g/mol. The molecule has 0 unspecified atom stereocenters. The SMILES string of the molecule is CN(C)S(=O)(=O)c1cccc(C(=O)Nc2cccc(N3CCCC3)c2)c1. The number of carbonyl (C=O) groups is 1. The van der Waals surface area contributed by atoms with Gasteiger partial charge in [0.05, 0.1) is 4.90 Å². The fourth-order valence-electron chi connectivity index (χ4n) is 2.97. The maximum absolute atomic E-state index is 12.6. The van der Waals surface area contributed by atoms with Gasteiger partial charge in [0.15, 0.2) is 0 Å². The van der Waals surface area contributed by atoms with E-state index in [1.54, 1.807) is 12.1 Å². The Balaban J connectivity index is 1.79. The molecule has 138 valence electrons. The van der Waals surface area contributed by atoms with Crippen LogP contribution >= 0.6 is 0 Å². The van der Waals surface area contributed by atoms with Crippen LogP contribution in [-0.2, 0) is 10.0 Å². The van der Waals surface area contributed by atoms with E-state index in [2.05, 4.69) is 10.2 Å². The minimum absolute atomic E-state index is 0.0981. The predicted octanol–water partition coefficient (Wildman–Crippen LogP) is 2.79. The number of nitrogens with zero attached hydrogens (tertiary/aromatic N) is 2. The third-order valence-corrected chi connectivity index (χ3v) is 6.26. The fourth-order valence-corrected chi connectivity index (χ4v) is 3.92. The van der Waals surface area contributed by atoms with Gasteiger partial charge < -0.3 is 10.2 Å². The molecule has 1 aliphatic rings. The molecule has 6 nitrogen and oxygen atoms in total. The van der Waals surface area contributed by atoms with Gasteiger partial charge >= 0.3 is 0 Å². The third-order valence-electron chi connectivity index (χ3n) is 4.45. The van der Waals surface area contributed by atoms with E-state index in [4.69, 9.17) is 0 Å². The normalized spacial score (nSPS) is 14.7. The lowest BCUT2D eigenvalue weighted by molar-refractivity contribution is 0.102. The second-order valence-electron chi connectivity index (χ2n) is 6.51. The molecule has 0 aromatic heterocycles. The summed E-state index contributed by atoms with van der Waals surface area (Å²) in [7, 11) is -0.648. The van der Waals surface area contributed by atoms with Crippen molar-refractivity contribution >= 4 is 27.3 Å². The molecule has 0 atom stereocenters. The van der Waals surface area contributed by atoms with Crippen LogP contribution in [0.3, 0.4) is 0 Å². The van der Waals surface area contributed by atoms with E-state index >= 15 is 0 Å². The highest BCUT2D eigenvalue weighted by molar-refractivity contribution is 7.89. The summed E-state index contributed by atoms with van der Waals surface area (Å²) in [6.45, 7) is 2.06. The van der Waals surface area contributed by atoms with Gasteiger partial charge in [-0.3, -0.25) is 4.79 Å². The molecular formula is C19H23N3O3S. The van der Waals surface area contributed by atoms with Crippen LogP contribution in [0.4, 0.5) is 11.4 Å². The Kier molecular flexibility index (Phi) is 5.29. The van der Waals surface area contributed by atoms with E-state index < -0.39 is 10.0 Å². The topological polar surface area (TPSA) is 69.7 Å². The first-order valence-corrected chi connectivity index (χ1v) is 10.0. The molecule has 26 heavy (non-hydrogen) atoms. The summed E-state index contributed by atoms with van der Waals surface area (Å²) in [4.78, 5) is 15.0. The van der Waals surface area contributed by atoms with Gasteiger partial charge in [0, 0.05) is 44.1 Å². The molecular weight excluding hydrogens is 350 g/mol. The van der Waals surface area contributed by atoms with Crippen LogP contribution in [0.5, 0.6) is 0 Å². The first-order chi connectivity index (χ1) is 12.4. The number of carbonyl (C=O) groups excluding carboxylic acids is 1. The molecule has 1 N–H and O–H groups in total. The molecule has 0 spiro atoms. The summed E-state index contributed by atoms with van der Waals surface area (Å²) in [6.07, 6.45) is 2.37. The van der Waals surface area contributed by atoms with Crippen LogP contribution in [0.15, 0.2) is 53.4 Å². The van der Waals surface area contributed by atoms with Crippen LogP contribution < -0.4 is 10.2 Å². The van der Waals surface area contributed by atoms with Gasteiger partial charge in [0.2, 0.25) is 10.0 Å². The van der Waals surface area contributed by atoms with Crippen LogP contribution in [0.2, 0.25) is 0 Å². The van der Waals surface area contributed by atoms with Gasteiger partial charge in [-0.05, 0) is 49.2 Å². The number of benzene rings is 2. The van der Waals surface area contributed by atoms with Crippen LogP contribution in [0.1, 0.15) is 23.2 Å². The highest BCUT2D eigenvalue weighted by Gasteiger charge is 2.19. The number of hydrogen-bond acceptors (Lipinski definition) is 4. The highest BCUT2D eigenvalue weighted by Crippen LogP contribution is 2.24. The Morgan fingerprint density at radius 3 is 2.42 bits per heavy atom. The van der Waals surface area contributed by atoms with Crippen molar-refractivity contribution in [3.8, 4) is 0 Å². The summed E-state index contributed by atoms with van der Waals surface area (Å²) < 4.78 is 25.6. The van der Waals surface area contributed by atoms with Gasteiger partial charge in [-0.25, -0.2) is 12.7 Å². The largest absolute Gasteiger partial charge is 0.371 e. The Morgan fingerprint density at radius 1 is 1.04 bits per heavy atom. The fraction of sp³-hybridized carbons (Fsp3) is 0.316. The van der Waals surface area contributed by atoms with E-state index in [0.29, 0.717) is 11.3 Å². The Bertz CT molecular complexity index is 904. The molecule has 1 aliphatic heterocycles. The number of anilines is 2. The molecule has 1 fully saturated rings. The molecule has 0 radical (unpaired) electrons. The molecule has 0 bridgehead atoms. The van der Waals surface area contributed by atoms with Crippen molar-refractivity contribution in [2.24, 2.45) is 0 Å². The molecule has 3 rings (SSSR count). The lowest BCUT2D eigenvalue weighted by Gasteiger charge is -2.18. The zero-order valence-electron chi connectivity index (χ0n) is 15.0. The zero-order chi connectivity index (χ0) is 18.7. The molecule has 7 heteroatoms. The molecule has 2 aromatic rings. The van der Waals surface area contributed by atoms with Gasteiger partial charge in [0.25, 0.3) is 5.91 Å². The standard InChI is InChI=1S/C19H23N3O3S/c1-21(2)26(24,25)18-10-5-7-15(13-18)19(23)20-16-8-6-9-17(14-16)22-11-3-4-12-22/h5-10,13-14H,3-4,11-12H2,1-2H3,(H,20,23). The second kappa shape index (κ2) is 7.47. The molecule has 2 aromatic carbocycles. The van der Waals surface area contributed by atoms with Crippen molar-refractivity contribution in [3.63, 3.8) is 0 Å². The lowest BCUT2D eigenvalue weighted by Crippen LogP contribution is -2.23. The number of sulfonamides is 1. The van der Waals surface area contributed by atoms with E-state index in [1.807, 2.05) is 24.3 Å². The van der Waals surface area contributed by atoms with Gasteiger partial charge in [-0.1, -0.05) is 12.1 Å². The van der Waals surface area contributed by atoms with E-state index in [9.17, 15) is 13.2 Å². The van der Waals surface area contributed by atoms with Crippen molar-refractivity contribution in [2.45, 2.75) is 17.7 Å². The minimum Gasteiger partial charge on any atom is -0.371 e. The maximum Gasteiger partial charge on any atom is 0.255 e. The summed E-state index contributed by atoms with van der Waals surface area (Å²) in [5.74, 6) is -0.334. The maximum atomic E-state index is 12.6. The molecule has 0 aliphatic carbocycles. The summed E-state index contributed by atoms with van der Waals surface area (Å²) in [6, 6.07) is 13.8. The Hall–Kier alpha value is -2.38. The smallest absolute Gasteiger partial charge is 0.255 e. The third kappa shape index (κ3) is 3.89. The molecule has 1 saturated heterocycles. The van der Waals surface area contributed by atoms with Crippen molar-refractivity contribution in [1.82, 2.24) is 4.31 Å². The first-order valence-electron chi connectivity index (χ1n) is 8.57. The van der Waals surface area contributed by atoms with E-state index in [-0.39, 0.29) is 10.8 Å². The van der Waals surface area contributed by atoms with E-state index in [1.165, 1.54) is 39.1 Å². The van der Waals surface area contributed by atoms with E-state index in [0.717, 1.165) is 23.1 Å². The molecule has 1 heterocycles. The van der Waals surface area contributed by atoms with Crippen molar-refractivity contribution < 1.29 is 13.2 Å². The lowest BCUT2D eigenvalue weighted by atomic mass is 10.2. The minimum atomic E-state index is -3.58. The first kappa shape index (κ1) is 18.4. The Morgan fingerprint density at radius 2 is 1.73 bits per heavy atom. The number of amides is 1. The molecule has 1 amide bonds. The van der Waals surface area contributed by atoms with Crippen LogP contribution in [-0.4, -0.2) is 45.8 Å². The van der Waals surface area contributed by atoms with Crippen molar-refractivity contribution in [2.75, 3.05) is 37.4 Å². The van der Waals surface area contributed by atoms with Crippen LogP contribution in [0.25, 0.3) is 0 Å². The average molecular weight is 373 g/mol.